The zero-order chi connectivity index (χ0) is 12.3. The third kappa shape index (κ3) is 3.03. The monoisotopic (exact) mass is 243 g/mol. The van der Waals surface area contributed by atoms with Gasteiger partial charge in [-0.1, -0.05) is 19.8 Å². The van der Waals surface area contributed by atoms with Gasteiger partial charge in [0, 0.05) is 12.4 Å². The first-order valence-corrected chi connectivity index (χ1v) is 6.19. The zero-order valence-corrected chi connectivity index (χ0v) is 10.1. The van der Waals surface area contributed by atoms with Gasteiger partial charge in [0.05, 0.1) is 6.54 Å². The molecule has 1 saturated carbocycles. The van der Waals surface area contributed by atoms with Crippen LogP contribution in [-0.2, 0) is 6.54 Å². The summed E-state index contributed by atoms with van der Waals surface area (Å²) in [5.74, 6) is 1.84. The van der Waals surface area contributed by atoms with Gasteiger partial charge in [0.2, 0.25) is 0 Å². The van der Waals surface area contributed by atoms with Gasteiger partial charge in [0.15, 0.2) is 0 Å². The molecule has 1 heterocycles. The maximum Gasteiger partial charge on any atom is 0.319 e. The van der Waals surface area contributed by atoms with Crippen molar-refractivity contribution in [3.05, 3.63) is 18.2 Å². The Morgan fingerprint density at radius 1 is 1.53 bits per heavy atom. The summed E-state index contributed by atoms with van der Waals surface area (Å²) >= 11 is 0. The molecule has 1 N–H and O–H groups in total. The van der Waals surface area contributed by atoms with E-state index in [-0.39, 0.29) is 0 Å². The topological polar surface area (TPSA) is 29.9 Å². The molecule has 2 unspecified atom stereocenters. The fourth-order valence-electron chi connectivity index (χ4n) is 2.55. The van der Waals surface area contributed by atoms with Crippen molar-refractivity contribution < 1.29 is 8.78 Å². The third-order valence-corrected chi connectivity index (χ3v) is 3.69. The van der Waals surface area contributed by atoms with E-state index in [0.717, 1.165) is 17.0 Å². The first-order chi connectivity index (χ1) is 8.18. The number of alkyl halides is 2. The minimum atomic E-state index is -2.50. The van der Waals surface area contributed by atoms with E-state index in [4.69, 9.17) is 0 Å². The summed E-state index contributed by atoms with van der Waals surface area (Å²) < 4.78 is 26.0. The molecule has 1 aliphatic carbocycles. The Bertz CT molecular complexity index is 351. The van der Waals surface area contributed by atoms with Crippen molar-refractivity contribution in [2.24, 2.45) is 11.8 Å². The van der Waals surface area contributed by atoms with Crippen LogP contribution in [0.15, 0.2) is 12.4 Å². The molecule has 2 rings (SSSR count). The number of halogens is 2. The molecule has 3 nitrogen and oxygen atoms in total. The van der Waals surface area contributed by atoms with Crippen molar-refractivity contribution >= 4 is 0 Å². The fraction of sp³-hybridized carbons (Fsp3) is 0.750. The number of rotatable bonds is 5. The highest BCUT2D eigenvalue weighted by atomic mass is 19.3. The van der Waals surface area contributed by atoms with Crippen molar-refractivity contribution in [3.8, 4) is 0 Å². The number of nitrogens with zero attached hydrogens (tertiary/aromatic N) is 2. The van der Waals surface area contributed by atoms with Crippen LogP contribution in [0, 0.1) is 11.8 Å². The lowest BCUT2D eigenvalue weighted by molar-refractivity contribution is 0.0665. The summed E-state index contributed by atoms with van der Waals surface area (Å²) in [6.07, 6.45) is 6.57. The number of hydrogen-bond acceptors (Lipinski definition) is 2. The summed E-state index contributed by atoms with van der Waals surface area (Å²) in [4.78, 5) is 3.94. The smallest absolute Gasteiger partial charge is 0.310 e. The van der Waals surface area contributed by atoms with Gasteiger partial charge in [-0.05, 0) is 24.8 Å². The Labute approximate surface area is 100 Å². The highest BCUT2D eigenvalue weighted by molar-refractivity contribution is 4.92. The first-order valence-electron chi connectivity index (χ1n) is 6.19. The largest absolute Gasteiger partial charge is 0.319 e. The number of nitrogens with one attached hydrogen (secondary N) is 1. The lowest BCUT2D eigenvalue weighted by Crippen LogP contribution is -2.25. The van der Waals surface area contributed by atoms with Crippen LogP contribution in [0.1, 0.15) is 38.6 Å². The molecule has 1 aromatic heterocycles. The van der Waals surface area contributed by atoms with Gasteiger partial charge in [-0.2, -0.15) is 8.78 Å². The number of aromatic nitrogens is 2. The van der Waals surface area contributed by atoms with E-state index in [9.17, 15) is 8.78 Å². The highest BCUT2D eigenvalue weighted by Crippen LogP contribution is 2.30. The number of imidazole rings is 1. The zero-order valence-electron chi connectivity index (χ0n) is 10.1. The molecular formula is C12H19F2N3. The lowest BCUT2D eigenvalue weighted by atomic mass is 9.98. The van der Waals surface area contributed by atoms with Crippen molar-refractivity contribution in [2.45, 2.75) is 39.3 Å². The first kappa shape index (κ1) is 12.5. The van der Waals surface area contributed by atoms with E-state index >= 15 is 0 Å². The maximum absolute atomic E-state index is 12.5. The molecule has 1 aliphatic rings. The predicted molar refractivity (Wildman–Crippen MR) is 61.7 cm³/mol. The second kappa shape index (κ2) is 5.58. The molecule has 17 heavy (non-hydrogen) atoms. The summed E-state index contributed by atoms with van der Waals surface area (Å²) in [5, 5.41) is 3.24. The van der Waals surface area contributed by atoms with Crippen molar-refractivity contribution in [1.82, 2.24) is 14.9 Å². The molecule has 2 atom stereocenters. The van der Waals surface area contributed by atoms with Crippen LogP contribution in [0.2, 0.25) is 0 Å². The van der Waals surface area contributed by atoms with Crippen LogP contribution in [0.3, 0.4) is 0 Å². The molecule has 1 aromatic rings. The SMILES string of the molecule is CC1CCCC1CNCc1nccn1C(F)F. The van der Waals surface area contributed by atoms with Crippen LogP contribution in [-0.4, -0.2) is 16.1 Å². The minimum Gasteiger partial charge on any atom is -0.310 e. The van der Waals surface area contributed by atoms with Crippen molar-refractivity contribution in [3.63, 3.8) is 0 Å². The van der Waals surface area contributed by atoms with Crippen molar-refractivity contribution in [1.29, 1.82) is 0 Å². The molecule has 0 saturated heterocycles. The average Bonchev–Trinajstić information content (AvgIpc) is 2.88. The molecule has 1 fully saturated rings. The van der Waals surface area contributed by atoms with E-state index in [1.165, 1.54) is 31.7 Å². The normalized spacial score (nSPS) is 24.7. The third-order valence-electron chi connectivity index (χ3n) is 3.69. The van der Waals surface area contributed by atoms with Crippen LogP contribution in [0.25, 0.3) is 0 Å². The minimum absolute atomic E-state index is 0.408. The lowest BCUT2D eigenvalue weighted by Gasteiger charge is -2.16. The van der Waals surface area contributed by atoms with Crippen LogP contribution < -0.4 is 5.32 Å². The Morgan fingerprint density at radius 2 is 2.35 bits per heavy atom. The molecule has 5 heteroatoms. The molecular weight excluding hydrogens is 224 g/mol. The fourth-order valence-corrected chi connectivity index (χ4v) is 2.55. The standard InChI is InChI=1S/C12H19F2N3/c1-9-3-2-4-10(9)7-15-8-11-16-5-6-17(11)12(13)14/h5-6,9-10,12,15H,2-4,7-8H2,1H3. The van der Waals surface area contributed by atoms with Gasteiger partial charge in [0.1, 0.15) is 5.82 Å². The average molecular weight is 243 g/mol. The van der Waals surface area contributed by atoms with Gasteiger partial charge in [-0.15, -0.1) is 0 Å². The molecule has 0 bridgehead atoms. The summed E-state index contributed by atoms with van der Waals surface area (Å²) in [5.41, 5.74) is 0. The number of hydrogen-bond donors (Lipinski definition) is 1. The van der Waals surface area contributed by atoms with Gasteiger partial charge in [-0.3, -0.25) is 4.57 Å². The van der Waals surface area contributed by atoms with Crippen LogP contribution >= 0.6 is 0 Å². The molecule has 0 radical (unpaired) electrons. The quantitative estimate of drug-likeness (QED) is 0.861. The Kier molecular flexibility index (Phi) is 4.10. The van der Waals surface area contributed by atoms with Gasteiger partial charge in [0.25, 0.3) is 0 Å². The Balaban J connectivity index is 1.79. The summed E-state index contributed by atoms with van der Waals surface area (Å²) in [6.45, 7) is 1.08. The molecule has 0 spiro atoms. The molecule has 0 amide bonds. The second-order valence-electron chi connectivity index (χ2n) is 4.83. The highest BCUT2D eigenvalue weighted by Gasteiger charge is 2.22. The Morgan fingerprint density at radius 3 is 3.00 bits per heavy atom. The molecule has 0 aliphatic heterocycles. The van der Waals surface area contributed by atoms with Gasteiger partial charge >= 0.3 is 6.55 Å². The summed E-state index contributed by atoms with van der Waals surface area (Å²) in [7, 11) is 0. The van der Waals surface area contributed by atoms with Gasteiger partial charge < -0.3 is 5.32 Å². The van der Waals surface area contributed by atoms with Crippen molar-refractivity contribution in [2.75, 3.05) is 6.54 Å². The van der Waals surface area contributed by atoms with Crippen LogP contribution in [0.5, 0.6) is 0 Å². The van der Waals surface area contributed by atoms with Gasteiger partial charge in [-0.25, -0.2) is 4.98 Å². The van der Waals surface area contributed by atoms with E-state index in [0.29, 0.717) is 18.3 Å². The second-order valence-corrected chi connectivity index (χ2v) is 4.83. The molecule has 96 valence electrons. The van der Waals surface area contributed by atoms with E-state index in [1.807, 2.05) is 0 Å². The Hall–Kier alpha value is -0.970. The molecule has 0 aromatic carbocycles. The predicted octanol–water partition coefficient (Wildman–Crippen LogP) is 2.80. The van der Waals surface area contributed by atoms with E-state index < -0.39 is 6.55 Å². The maximum atomic E-state index is 12.5. The van der Waals surface area contributed by atoms with Crippen LogP contribution in [0.4, 0.5) is 8.78 Å². The summed E-state index contributed by atoms with van der Waals surface area (Å²) in [6, 6.07) is 0. The van der Waals surface area contributed by atoms with E-state index in [1.54, 1.807) is 0 Å². The van der Waals surface area contributed by atoms with E-state index in [2.05, 4.69) is 17.2 Å².